The Labute approximate surface area is 153 Å². The first-order valence-corrected chi connectivity index (χ1v) is 9.86. The molecule has 1 atom stereocenters. The van der Waals surface area contributed by atoms with E-state index in [2.05, 4.69) is 10.00 Å². The van der Waals surface area contributed by atoms with E-state index < -0.39 is 0 Å². The largest absolute Gasteiger partial charge is 0.378 e. The molecular formula is C19H28N4O3. The minimum atomic E-state index is -0.0130. The third-order valence-corrected chi connectivity index (χ3v) is 5.69. The number of carbonyl (C=O) groups excluding carboxylic acids is 1. The summed E-state index contributed by atoms with van der Waals surface area (Å²) in [6, 6.07) is 1.71. The highest BCUT2D eigenvalue weighted by Crippen LogP contribution is 2.30. The van der Waals surface area contributed by atoms with Crippen molar-refractivity contribution >= 4 is 11.6 Å². The van der Waals surface area contributed by atoms with E-state index in [-0.39, 0.29) is 11.5 Å². The van der Waals surface area contributed by atoms with E-state index in [0.717, 1.165) is 38.2 Å². The Balaban J connectivity index is 1.36. The smallest absolute Gasteiger partial charge is 0.268 e. The van der Waals surface area contributed by atoms with E-state index in [9.17, 15) is 9.59 Å². The highest BCUT2D eigenvalue weighted by Gasteiger charge is 2.26. The molecular weight excluding hydrogens is 332 g/mol. The Kier molecular flexibility index (Phi) is 5.24. The summed E-state index contributed by atoms with van der Waals surface area (Å²) in [7, 11) is 0. The second-order valence-electron chi connectivity index (χ2n) is 7.83. The molecule has 0 bridgehead atoms. The number of hydrogen-bond acceptors (Lipinski definition) is 5. The lowest BCUT2D eigenvalue weighted by atomic mass is 9.94. The van der Waals surface area contributed by atoms with E-state index >= 15 is 0 Å². The van der Waals surface area contributed by atoms with Gasteiger partial charge >= 0.3 is 0 Å². The molecule has 7 nitrogen and oxygen atoms in total. The molecule has 2 saturated heterocycles. The summed E-state index contributed by atoms with van der Waals surface area (Å²) in [6.07, 6.45) is 6.94. The van der Waals surface area contributed by atoms with Gasteiger partial charge in [0.1, 0.15) is 0 Å². The highest BCUT2D eigenvalue weighted by atomic mass is 16.5. The van der Waals surface area contributed by atoms with E-state index in [0.29, 0.717) is 44.6 Å². The van der Waals surface area contributed by atoms with Crippen molar-refractivity contribution in [2.75, 3.05) is 44.3 Å². The first kappa shape index (κ1) is 17.5. The van der Waals surface area contributed by atoms with Gasteiger partial charge in [0, 0.05) is 45.2 Å². The molecule has 0 radical (unpaired) electrons. The van der Waals surface area contributed by atoms with E-state index in [4.69, 9.17) is 4.74 Å². The third kappa shape index (κ3) is 4.26. The molecule has 0 N–H and O–H groups in total. The summed E-state index contributed by atoms with van der Waals surface area (Å²) in [5, 5.41) is 4.37. The summed E-state index contributed by atoms with van der Waals surface area (Å²) in [5.41, 5.74) is 0.881. The van der Waals surface area contributed by atoms with Crippen molar-refractivity contribution in [2.24, 2.45) is 11.8 Å². The number of aromatic nitrogens is 2. The van der Waals surface area contributed by atoms with Gasteiger partial charge in [0.05, 0.1) is 25.1 Å². The number of rotatable bonds is 5. The van der Waals surface area contributed by atoms with Gasteiger partial charge in [-0.2, -0.15) is 5.10 Å². The molecule has 0 aromatic carbocycles. The Bertz CT molecular complexity index is 694. The summed E-state index contributed by atoms with van der Waals surface area (Å²) >= 11 is 0. The minimum absolute atomic E-state index is 0.0130. The average molecular weight is 360 g/mol. The fourth-order valence-corrected chi connectivity index (χ4v) is 3.93. The zero-order valence-corrected chi connectivity index (χ0v) is 15.3. The van der Waals surface area contributed by atoms with Crippen molar-refractivity contribution in [3.8, 4) is 0 Å². The number of hydrogen-bond donors (Lipinski definition) is 0. The van der Waals surface area contributed by atoms with Crippen LogP contribution in [0.2, 0.25) is 0 Å². The van der Waals surface area contributed by atoms with Crippen LogP contribution >= 0.6 is 0 Å². The van der Waals surface area contributed by atoms with Crippen LogP contribution in [0.25, 0.3) is 0 Å². The molecule has 1 unspecified atom stereocenters. The van der Waals surface area contributed by atoms with Crippen LogP contribution < -0.4 is 10.5 Å². The summed E-state index contributed by atoms with van der Waals surface area (Å²) in [4.78, 5) is 29.0. The Morgan fingerprint density at radius 1 is 1.15 bits per heavy atom. The molecule has 1 saturated carbocycles. The molecule has 26 heavy (non-hydrogen) atoms. The van der Waals surface area contributed by atoms with Crippen molar-refractivity contribution in [3.63, 3.8) is 0 Å². The molecule has 3 heterocycles. The van der Waals surface area contributed by atoms with Crippen molar-refractivity contribution < 1.29 is 9.53 Å². The van der Waals surface area contributed by atoms with Crippen LogP contribution in [0.3, 0.4) is 0 Å². The van der Waals surface area contributed by atoms with E-state index in [1.54, 1.807) is 10.7 Å². The fourth-order valence-electron chi connectivity index (χ4n) is 3.93. The van der Waals surface area contributed by atoms with Gasteiger partial charge in [0.25, 0.3) is 5.56 Å². The number of anilines is 1. The lowest BCUT2D eigenvalue weighted by Crippen LogP contribution is -2.43. The van der Waals surface area contributed by atoms with Gasteiger partial charge in [-0.15, -0.1) is 0 Å². The standard InChI is InChI=1S/C19H28N4O3/c24-18(21-6-8-26-9-7-21)10-16-2-1-5-22(13-16)17-11-19(25)23(20-12-17)14-15-3-4-15/h11-12,15-16H,1-10,13-14H2. The van der Waals surface area contributed by atoms with Gasteiger partial charge in [0.15, 0.2) is 0 Å². The second-order valence-corrected chi connectivity index (χ2v) is 7.83. The van der Waals surface area contributed by atoms with Gasteiger partial charge in [-0.3, -0.25) is 9.59 Å². The maximum absolute atomic E-state index is 12.5. The van der Waals surface area contributed by atoms with Crippen LogP contribution in [-0.2, 0) is 16.1 Å². The molecule has 3 fully saturated rings. The quantitative estimate of drug-likeness (QED) is 0.787. The van der Waals surface area contributed by atoms with Crippen LogP contribution in [0.4, 0.5) is 5.69 Å². The third-order valence-electron chi connectivity index (χ3n) is 5.69. The topological polar surface area (TPSA) is 67.7 Å². The lowest BCUT2D eigenvalue weighted by Gasteiger charge is -2.35. The summed E-state index contributed by atoms with van der Waals surface area (Å²) in [5.74, 6) is 1.21. The molecule has 4 rings (SSSR count). The molecule has 2 aliphatic heterocycles. The first-order chi connectivity index (χ1) is 12.7. The number of amides is 1. The number of carbonyl (C=O) groups is 1. The van der Waals surface area contributed by atoms with Crippen molar-refractivity contribution in [2.45, 2.75) is 38.6 Å². The van der Waals surface area contributed by atoms with Crippen LogP contribution in [0, 0.1) is 11.8 Å². The molecule has 0 spiro atoms. The monoisotopic (exact) mass is 360 g/mol. The molecule has 3 aliphatic rings. The summed E-state index contributed by atoms with van der Waals surface area (Å²) in [6.45, 7) is 5.20. The van der Waals surface area contributed by atoms with Crippen molar-refractivity contribution in [1.29, 1.82) is 0 Å². The molecule has 142 valence electrons. The molecule has 1 aliphatic carbocycles. The van der Waals surface area contributed by atoms with Gasteiger partial charge in [-0.05, 0) is 37.5 Å². The molecule has 1 aromatic heterocycles. The summed E-state index contributed by atoms with van der Waals surface area (Å²) < 4.78 is 6.91. The maximum Gasteiger partial charge on any atom is 0.268 e. The normalized spacial score (nSPS) is 23.9. The first-order valence-electron chi connectivity index (χ1n) is 9.86. The zero-order chi connectivity index (χ0) is 17.9. The van der Waals surface area contributed by atoms with Crippen molar-refractivity contribution in [1.82, 2.24) is 14.7 Å². The number of ether oxygens (including phenoxy) is 1. The predicted molar refractivity (Wildman–Crippen MR) is 98.2 cm³/mol. The predicted octanol–water partition coefficient (Wildman–Crippen LogP) is 1.12. The number of morpholine rings is 1. The maximum atomic E-state index is 12.5. The Hall–Kier alpha value is -1.89. The Morgan fingerprint density at radius 2 is 1.96 bits per heavy atom. The van der Waals surface area contributed by atoms with Gasteiger partial charge in [0.2, 0.25) is 5.91 Å². The fraction of sp³-hybridized carbons (Fsp3) is 0.737. The van der Waals surface area contributed by atoms with Crippen LogP contribution in [-0.4, -0.2) is 60.0 Å². The molecule has 7 heteroatoms. The lowest BCUT2D eigenvalue weighted by molar-refractivity contribution is -0.136. The molecule has 1 aromatic rings. The van der Waals surface area contributed by atoms with E-state index in [1.165, 1.54) is 12.8 Å². The number of nitrogens with zero attached hydrogens (tertiary/aromatic N) is 4. The van der Waals surface area contributed by atoms with Gasteiger partial charge in [-0.25, -0.2) is 4.68 Å². The second kappa shape index (κ2) is 7.78. The number of piperidine rings is 1. The van der Waals surface area contributed by atoms with Crippen molar-refractivity contribution in [3.05, 3.63) is 22.6 Å². The van der Waals surface area contributed by atoms with E-state index in [1.807, 2.05) is 11.1 Å². The van der Waals surface area contributed by atoms with Gasteiger partial charge < -0.3 is 14.5 Å². The SMILES string of the molecule is O=C(CC1CCCN(c2cnn(CC3CC3)c(=O)c2)C1)N1CCOCC1. The van der Waals surface area contributed by atoms with Crippen LogP contribution in [0.1, 0.15) is 32.1 Å². The average Bonchev–Trinajstić information content (AvgIpc) is 3.48. The van der Waals surface area contributed by atoms with Crippen LogP contribution in [0.5, 0.6) is 0 Å². The highest BCUT2D eigenvalue weighted by molar-refractivity contribution is 5.76. The molecule has 1 amide bonds. The minimum Gasteiger partial charge on any atom is -0.378 e. The van der Waals surface area contributed by atoms with Gasteiger partial charge in [-0.1, -0.05) is 0 Å². The Morgan fingerprint density at radius 3 is 2.69 bits per heavy atom. The zero-order valence-electron chi connectivity index (χ0n) is 15.3. The van der Waals surface area contributed by atoms with Crippen LogP contribution in [0.15, 0.2) is 17.1 Å².